The summed E-state index contributed by atoms with van der Waals surface area (Å²) in [5.41, 5.74) is 1.03. The van der Waals surface area contributed by atoms with Crippen molar-refractivity contribution in [2.45, 2.75) is 32.0 Å². The van der Waals surface area contributed by atoms with E-state index in [0.717, 1.165) is 36.7 Å². The van der Waals surface area contributed by atoms with Gasteiger partial charge in [-0.25, -0.2) is 0 Å². The van der Waals surface area contributed by atoms with E-state index < -0.39 is 12.8 Å². The van der Waals surface area contributed by atoms with Gasteiger partial charge in [-0.1, -0.05) is 0 Å². The fourth-order valence-corrected chi connectivity index (χ4v) is 3.15. The van der Waals surface area contributed by atoms with E-state index in [0.29, 0.717) is 25.5 Å². The zero-order valence-corrected chi connectivity index (χ0v) is 20.5. The summed E-state index contributed by atoms with van der Waals surface area (Å²) < 4.78 is 51.5. The predicted octanol–water partition coefficient (Wildman–Crippen LogP) is 3.42. The van der Waals surface area contributed by atoms with Crippen LogP contribution in [0.2, 0.25) is 0 Å². The average Bonchev–Trinajstić information content (AvgIpc) is 3.18. The summed E-state index contributed by atoms with van der Waals surface area (Å²) in [6.07, 6.45) is -2.94. The van der Waals surface area contributed by atoms with E-state index in [9.17, 15) is 13.2 Å². The summed E-state index contributed by atoms with van der Waals surface area (Å²) >= 11 is 0. The van der Waals surface area contributed by atoms with Crippen molar-refractivity contribution in [3.8, 4) is 11.5 Å². The quantitative estimate of drug-likeness (QED) is 0.198. The van der Waals surface area contributed by atoms with E-state index in [-0.39, 0.29) is 36.6 Å². The molecule has 31 heavy (non-hydrogen) atoms. The van der Waals surface area contributed by atoms with Crippen molar-refractivity contribution in [2.75, 3.05) is 58.5 Å². The Kier molecular flexibility index (Phi) is 12.1. The molecule has 0 spiro atoms. The van der Waals surface area contributed by atoms with E-state index in [2.05, 4.69) is 25.3 Å². The Morgan fingerprint density at radius 1 is 1.19 bits per heavy atom. The molecular weight excluding hydrogens is 528 g/mol. The number of nitrogens with zero attached hydrogens (tertiary/aromatic N) is 2. The number of anilines is 1. The van der Waals surface area contributed by atoms with Gasteiger partial charge in [-0.15, -0.1) is 24.0 Å². The number of rotatable bonds is 10. The van der Waals surface area contributed by atoms with Crippen LogP contribution in [-0.2, 0) is 4.74 Å². The SMILES string of the molecule is CCNC(=NCCCOCC(F)(F)F)NC1CCN(c2cc(OC)cc(OC)c2)C1.I. The van der Waals surface area contributed by atoms with Crippen LogP contribution in [0.5, 0.6) is 11.5 Å². The Morgan fingerprint density at radius 3 is 2.45 bits per heavy atom. The summed E-state index contributed by atoms with van der Waals surface area (Å²) in [5, 5.41) is 6.58. The van der Waals surface area contributed by atoms with Crippen LogP contribution < -0.4 is 25.0 Å². The Balaban J connectivity index is 0.00000480. The van der Waals surface area contributed by atoms with Crippen LogP contribution in [0.3, 0.4) is 0 Å². The van der Waals surface area contributed by atoms with Crippen molar-refractivity contribution < 1.29 is 27.4 Å². The number of guanidine groups is 1. The highest BCUT2D eigenvalue weighted by Crippen LogP contribution is 2.30. The molecule has 1 atom stereocenters. The molecule has 2 N–H and O–H groups in total. The van der Waals surface area contributed by atoms with Gasteiger partial charge in [0, 0.05) is 62.7 Å². The number of hydrogen-bond donors (Lipinski definition) is 2. The molecule has 1 fully saturated rings. The van der Waals surface area contributed by atoms with Crippen LogP contribution in [0.1, 0.15) is 19.8 Å². The largest absolute Gasteiger partial charge is 0.497 e. The average molecular weight is 560 g/mol. The molecule has 0 bridgehead atoms. The van der Waals surface area contributed by atoms with Crippen molar-refractivity contribution >= 4 is 35.6 Å². The first-order chi connectivity index (χ1) is 14.3. The number of aliphatic imine (C=N–C) groups is 1. The van der Waals surface area contributed by atoms with Crippen molar-refractivity contribution in [3.05, 3.63) is 18.2 Å². The number of ether oxygens (including phenoxy) is 3. The Labute approximate surface area is 198 Å². The van der Waals surface area contributed by atoms with Gasteiger partial charge in [0.2, 0.25) is 0 Å². The van der Waals surface area contributed by atoms with Gasteiger partial charge >= 0.3 is 6.18 Å². The lowest BCUT2D eigenvalue weighted by Crippen LogP contribution is -2.44. The predicted molar refractivity (Wildman–Crippen MR) is 126 cm³/mol. The highest BCUT2D eigenvalue weighted by Gasteiger charge is 2.27. The third-order valence-corrected chi connectivity index (χ3v) is 4.56. The fraction of sp³-hybridized carbons (Fsp3) is 0.650. The Hall–Kier alpha value is -1.63. The molecule has 7 nitrogen and oxygen atoms in total. The lowest BCUT2D eigenvalue weighted by Gasteiger charge is -2.21. The minimum Gasteiger partial charge on any atom is -0.497 e. The van der Waals surface area contributed by atoms with Gasteiger partial charge in [0.05, 0.1) is 14.2 Å². The molecule has 1 aliphatic heterocycles. The molecule has 1 aromatic rings. The number of hydrogen-bond acceptors (Lipinski definition) is 5. The van der Waals surface area contributed by atoms with Gasteiger partial charge in [-0.3, -0.25) is 4.99 Å². The molecule has 1 aliphatic rings. The lowest BCUT2D eigenvalue weighted by molar-refractivity contribution is -0.173. The zero-order valence-electron chi connectivity index (χ0n) is 18.1. The second-order valence-electron chi connectivity index (χ2n) is 6.93. The molecule has 0 radical (unpaired) electrons. The maximum Gasteiger partial charge on any atom is 0.411 e. The molecule has 1 saturated heterocycles. The monoisotopic (exact) mass is 560 g/mol. The highest BCUT2D eigenvalue weighted by molar-refractivity contribution is 14.0. The third kappa shape index (κ3) is 10.0. The van der Waals surface area contributed by atoms with Gasteiger partial charge in [0.25, 0.3) is 0 Å². The third-order valence-electron chi connectivity index (χ3n) is 4.56. The fourth-order valence-electron chi connectivity index (χ4n) is 3.15. The number of halogens is 4. The van der Waals surface area contributed by atoms with E-state index in [1.807, 2.05) is 25.1 Å². The van der Waals surface area contributed by atoms with Crippen molar-refractivity contribution in [2.24, 2.45) is 4.99 Å². The molecule has 1 aromatic carbocycles. The minimum atomic E-state index is -4.29. The second-order valence-corrected chi connectivity index (χ2v) is 6.93. The molecule has 0 aromatic heterocycles. The summed E-state index contributed by atoms with van der Waals surface area (Å²) in [6.45, 7) is 3.51. The van der Waals surface area contributed by atoms with Gasteiger partial charge in [-0.2, -0.15) is 13.2 Å². The smallest absolute Gasteiger partial charge is 0.411 e. The molecule has 0 saturated carbocycles. The number of alkyl halides is 3. The van der Waals surface area contributed by atoms with E-state index in [4.69, 9.17) is 9.47 Å². The van der Waals surface area contributed by atoms with Gasteiger partial charge in [-0.05, 0) is 19.8 Å². The maximum atomic E-state index is 12.1. The van der Waals surface area contributed by atoms with Gasteiger partial charge in [0.1, 0.15) is 18.1 Å². The summed E-state index contributed by atoms with van der Waals surface area (Å²) in [5.74, 6) is 2.13. The first kappa shape index (κ1) is 27.4. The molecule has 0 aliphatic carbocycles. The molecule has 0 amide bonds. The molecule has 178 valence electrons. The number of methoxy groups -OCH3 is 2. The van der Waals surface area contributed by atoms with Gasteiger partial charge in [0.15, 0.2) is 5.96 Å². The van der Waals surface area contributed by atoms with Crippen molar-refractivity contribution in [3.63, 3.8) is 0 Å². The zero-order chi connectivity index (χ0) is 22.0. The second kappa shape index (κ2) is 13.7. The van der Waals surface area contributed by atoms with Crippen LogP contribution in [0.4, 0.5) is 18.9 Å². The topological polar surface area (TPSA) is 67.4 Å². The van der Waals surface area contributed by atoms with Crippen molar-refractivity contribution in [1.29, 1.82) is 0 Å². The number of benzene rings is 1. The summed E-state index contributed by atoms with van der Waals surface area (Å²) in [7, 11) is 3.25. The first-order valence-electron chi connectivity index (χ1n) is 10.0. The molecule has 1 heterocycles. The van der Waals surface area contributed by atoms with Crippen LogP contribution in [-0.4, -0.2) is 71.8 Å². The first-order valence-corrected chi connectivity index (χ1v) is 10.0. The standard InChI is InChI=1S/C20H31F3N4O3.HI/c1-4-24-19(25-7-5-9-30-14-20(21,22)23)26-15-6-8-27(13-15)16-10-17(28-2)12-18(11-16)29-3;/h10-12,15H,4-9,13-14H2,1-3H3,(H2,24,25,26);1H. The molecule has 11 heteroatoms. The van der Waals surface area contributed by atoms with E-state index >= 15 is 0 Å². The maximum absolute atomic E-state index is 12.1. The van der Waals surface area contributed by atoms with E-state index in [1.165, 1.54) is 0 Å². The number of nitrogens with one attached hydrogen (secondary N) is 2. The van der Waals surface area contributed by atoms with Crippen molar-refractivity contribution in [1.82, 2.24) is 10.6 Å². The van der Waals surface area contributed by atoms with Gasteiger partial charge < -0.3 is 29.7 Å². The highest BCUT2D eigenvalue weighted by atomic mass is 127. The summed E-state index contributed by atoms with van der Waals surface area (Å²) in [4.78, 5) is 6.69. The Morgan fingerprint density at radius 2 is 1.87 bits per heavy atom. The van der Waals surface area contributed by atoms with Crippen LogP contribution in [0, 0.1) is 0 Å². The lowest BCUT2D eigenvalue weighted by atomic mass is 10.2. The molecule has 1 unspecified atom stereocenters. The van der Waals surface area contributed by atoms with Crippen LogP contribution >= 0.6 is 24.0 Å². The normalized spacial score (nSPS) is 16.6. The Bertz CT molecular complexity index is 670. The van der Waals surface area contributed by atoms with Crippen LogP contribution in [0.25, 0.3) is 0 Å². The molecular formula is C20H32F3IN4O3. The molecule has 2 rings (SSSR count). The van der Waals surface area contributed by atoms with Crippen LogP contribution in [0.15, 0.2) is 23.2 Å². The summed E-state index contributed by atoms with van der Waals surface area (Å²) in [6, 6.07) is 5.99. The van der Waals surface area contributed by atoms with E-state index in [1.54, 1.807) is 14.2 Å². The minimum absolute atomic E-state index is 0.